The fourth-order valence-electron chi connectivity index (χ4n) is 0.350. The molecule has 0 aliphatic carbocycles. The minimum absolute atomic E-state index is 0.120. The van der Waals surface area contributed by atoms with Gasteiger partial charge in [0.05, 0.1) is 6.61 Å². The van der Waals surface area contributed by atoms with E-state index in [0.717, 1.165) is 0 Å². The molecular weight excluding hydrogens is 162 g/mol. The summed E-state index contributed by atoms with van der Waals surface area (Å²) in [6.45, 7) is 5.31. The van der Waals surface area contributed by atoms with Crippen molar-refractivity contribution in [3.05, 3.63) is 0 Å². The van der Waals surface area contributed by atoms with E-state index in [1.807, 2.05) is 0 Å². The lowest BCUT2D eigenvalue weighted by Gasteiger charge is -2.16. The van der Waals surface area contributed by atoms with Crippen LogP contribution in [0, 0.1) is 0 Å². The minimum atomic E-state index is -0.695. The number of hydrogen-bond acceptors (Lipinski definition) is 4. The number of carbonyl (C=O) groups is 1. The minimum Gasteiger partial charge on any atom is -0.395 e. The summed E-state index contributed by atoms with van der Waals surface area (Å²) in [6.07, 6.45) is -0.695. The molecule has 5 heteroatoms. The standard InChI is InChI=1S/C7H15NO4/c1-7(2,3)12-11-6(10)8-4-5-9/h9H,4-5H2,1-3H3,(H,8,10). The van der Waals surface area contributed by atoms with Gasteiger partial charge in [0.25, 0.3) is 0 Å². The summed E-state index contributed by atoms with van der Waals surface area (Å²) in [7, 11) is 0. The van der Waals surface area contributed by atoms with Crippen molar-refractivity contribution < 1.29 is 19.7 Å². The van der Waals surface area contributed by atoms with Crippen LogP contribution < -0.4 is 5.32 Å². The average molecular weight is 177 g/mol. The second kappa shape index (κ2) is 4.95. The molecule has 0 atom stereocenters. The summed E-state index contributed by atoms with van der Waals surface area (Å²) in [4.78, 5) is 19.7. The van der Waals surface area contributed by atoms with E-state index >= 15 is 0 Å². The molecule has 0 bridgehead atoms. The zero-order chi connectivity index (χ0) is 9.61. The van der Waals surface area contributed by atoms with Crippen molar-refractivity contribution in [2.24, 2.45) is 0 Å². The lowest BCUT2D eigenvalue weighted by atomic mass is 10.2. The van der Waals surface area contributed by atoms with Crippen LogP contribution in [0.4, 0.5) is 4.79 Å². The fourth-order valence-corrected chi connectivity index (χ4v) is 0.350. The van der Waals surface area contributed by atoms with Crippen molar-refractivity contribution in [1.29, 1.82) is 0 Å². The van der Waals surface area contributed by atoms with Gasteiger partial charge in [-0.15, -0.1) is 0 Å². The van der Waals surface area contributed by atoms with Gasteiger partial charge in [0.1, 0.15) is 5.60 Å². The Bertz CT molecular complexity index is 141. The molecule has 0 radical (unpaired) electrons. The van der Waals surface area contributed by atoms with Crippen LogP contribution in [0.2, 0.25) is 0 Å². The molecule has 0 heterocycles. The first kappa shape index (κ1) is 11.2. The first-order valence-electron chi connectivity index (χ1n) is 3.70. The van der Waals surface area contributed by atoms with E-state index in [2.05, 4.69) is 10.2 Å². The maximum absolute atomic E-state index is 10.7. The molecule has 0 aromatic heterocycles. The van der Waals surface area contributed by atoms with Crippen LogP contribution in [-0.4, -0.2) is 30.0 Å². The lowest BCUT2D eigenvalue weighted by Crippen LogP contribution is -2.30. The highest BCUT2D eigenvalue weighted by atomic mass is 17.2. The van der Waals surface area contributed by atoms with Crippen molar-refractivity contribution in [1.82, 2.24) is 5.32 Å². The fraction of sp³-hybridized carbons (Fsp3) is 0.857. The van der Waals surface area contributed by atoms with Crippen LogP contribution in [0.1, 0.15) is 20.8 Å². The lowest BCUT2D eigenvalue weighted by molar-refractivity contribution is -0.300. The molecule has 0 spiro atoms. The summed E-state index contributed by atoms with van der Waals surface area (Å²) in [5, 5.41) is 10.6. The predicted octanol–water partition coefficient (Wildman–Crippen LogP) is 0.435. The number of aliphatic hydroxyl groups is 1. The smallest absolute Gasteiger partial charge is 0.395 e. The molecule has 1 amide bonds. The van der Waals surface area contributed by atoms with Gasteiger partial charge in [-0.2, -0.15) is 4.89 Å². The number of amides is 1. The summed E-state index contributed by atoms with van der Waals surface area (Å²) in [6, 6.07) is 0. The third kappa shape index (κ3) is 7.30. The van der Waals surface area contributed by atoms with E-state index in [9.17, 15) is 4.79 Å². The summed E-state index contributed by atoms with van der Waals surface area (Å²) < 4.78 is 0. The molecule has 0 fully saturated rings. The maximum atomic E-state index is 10.7. The highest BCUT2D eigenvalue weighted by Crippen LogP contribution is 2.06. The van der Waals surface area contributed by atoms with Gasteiger partial charge in [0.15, 0.2) is 0 Å². The van der Waals surface area contributed by atoms with Crippen molar-refractivity contribution in [3.8, 4) is 0 Å². The molecule has 5 nitrogen and oxygen atoms in total. The largest absolute Gasteiger partial charge is 0.438 e. The SMILES string of the molecule is CC(C)(C)OOC(=O)NCCO. The number of aliphatic hydroxyl groups excluding tert-OH is 1. The highest BCUT2D eigenvalue weighted by molar-refractivity contribution is 5.66. The Morgan fingerprint density at radius 1 is 1.50 bits per heavy atom. The molecule has 0 aliphatic heterocycles. The quantitative estimate of drug-likeness (QED) is 0.484. The number of hydrogen-bond donors (Lipinski definition) is 2. The second-order valence-corrected chi connectivity index (χ2v) is 3.22. The van der Waals surface area contributed by atoms with Crippen molar-refractivity contribution in [2.45, 2.75) is 26.4 Å². The van der Waals surface area contributed by atoms with Crippen LogP contribution in [0.15, 0.2) is 0 Å². The van der Waals surface area contributed by atoms with Crippen molar-refractivity contribution >= 4 is 6.09 Å². The van der Waals surface area contributed by atoms with Crippen LogP contribution in [0.5, 0.6) is 0 Å². The molecule has 0 aromatic rings. The van der Waals surface area contributed by atoms with Crippen LogP contribution in [-0.2, 0) is 9.78 Å². The third-order valence-electron chi connectivity index (χ3n) is 0.748. The van der Waals surface area contributed by atoms with E-state index in [0.29, 0.717) is 0 Å². The molecule has 2 N–H and O–H groups in total. The van der Waals surface area contributed by atoms with Crippen molar-refractivity contribution in [3.63, 3.8) is 0 Å². The zero-order valence-corrected chi connectivity index (χ0v) is 7.59. The van der Waals surface area contributed by atoms with Gasteiger partial charge in [0.2, 0.25) is 0 Å². The molecule has 0 saturated heterocycles. The van der Waals surface area contributed by atoms with Crippen molar-refractivity contribution in [2.75, 3.05) is 13.2 Å². The molecule has 0 unspecified atom stereocenters. The predicted molar refractivity (Wildman–Crippen MR) is 42.4 cm³/mol. The Hall–Kier alpha value is -0.810. The zero-order valence-electron chi connectivity index (χ0n) is 7.59. The maximum Gasteiger partial charge on any atom is 0.438 e. The Morgan fingerprint density at radius 3 is 2.50 bits per heavy atom. The Labute approximate surface area is 71.6 Å². The van der Waals surface area contributed by atoms with E-state index in [1.165, 1.54) is 0 Å². The molecule has 72 valence electrons. The highest BCUT2D eigenvalue weighted by Gasteiger charge is 2.14. The molecule has 0 rings (SSSR count). The number of rotatable bonds is 3. The molecule has 12 heavy (non-hydrogen) atoms. The van der Waals surface area contributed by atoms with Gasteiger partial charge in [-0.05, 0) is 20.8 Å². The topological polar surface area (TPSA) is 67.8 Å². The molecule has 0 aromatic carbocycles. The summed E-state index contributed by atoms with van der Waals surface area (Å²) in [5.41, 5.74) is -0.517. The van der Waals surface area contributed by atoms with E-state index < -0.39 is 11.7 Å². The summed E-state index contributed by atoms with van der Waals surface area (Å²) >= 11 is 0. The third-order valence-corrected chi connectivity index (χ3v) is 0.748. The molecule has 0 saturated carbocycles. The van der Waals surface area contributed by atoms with Gasteiger partial charge < -0.3 is 10.4 Å². The molecular formula is C7H15NO4. The normalized spacial score (nSPS) is 11.0. The van der Waals surface area contributed by atoms with E-state index in [-0.39, 0.29) is 13.2 Å². The Balaban J connectivity index is 3.44. The van der Waals surface area contributed by atoms with Crippen LogP contribution in [0.3, 0.4) is 0 Å². The van der Waals surface area contributed by atoms with Crippen LogP contribution >= 0.6 is 0 Å². The Morgan fingerprint density at radius 2 is 2.08 bits per heavy atom. The van der Waals surface area contributed by atoms with Gasteiger partial charge in [-0.3, -0.25) is 4.89 Å². The second-order valence-electron chi connectivity index (χ2n) is 3.22. The Kier molecular flexibility index (Phi) is 4.61. The first-order valence-corrected chi connectivity index (χ1v) is 3.70. The van der Waals surface area contributed by atoms with Gasteiger partial charge in [-0.1, -0.05) is 0 Å². The van der Waals surface area contributed by atoms with E-state index in [4.69, 9.17) is 9.99 Å². The monoisotopic (exact) mass is 177 g/mol. The number of carbonyl (C=O) groups excluding carboxylic acids is 1. The average Bonchev–Trinajstić information content (AvgIpc) is 1.95. The summed E-state index contributed by atoms with van der Waals surface area (Å²) in [5.74, 6) is 0. The number of nitrogens with one attached hydrogen (secondary N) is 1. The van der Waals surface area contributed by atoms with Gasteiger partial charge in [0, 0.05) is 6.54 Å². The first-order chi connectivity index (χ1) is 5.45. The molecule has 0 aliphatic rings. The van der Waals surface area contributed by atoms with Crippen LogP contribution in [0.25, 0.3) is 0 Å². The van der Waals surface area contributed by atoms with E-state index in [1.54, 1.807) is 20.8 Å². The van der Waals surface area contributed by atoms with Gasteiger partial charge >= 0.3 is 6.09 Å². The van der Waals surface area contributed by atoms with Gasteiger partial charge in [-0.25, -0.2) is 4.79 Å².